The normalized spacial score (nSPS) is 14.3. The highest BCUT2D eigenvalue weighted by Crippen LogP contribution is 2.31. The quantitative estimate of drug-likeness (QED) is 0.166. The number of hydrogen-bond acceptors (Lipinski definition) is 4. The van der Waals surface area contributed by atoms with E-state index in [1.165, 1.54) is 35.2 Å². The number of benzene rings is 4. The van der Waals surface area contributed by atoms with E-state index in [1.807, 2.05) is 61.5 Å². The molecule has 4 aromatic rings. The van der Waals surface area contributed by atoms with Gasteiger partial charge in [0.1, 0.15) is 12.6 Å². The Morgan fingerprint density at radius 1 is 0.809 bits per heavy atom. The Balaban J connectivity index is 1.56. The molecule has 10 heteroatoms. The second kappa shape index (κ2) is 15.8. The molecule has 0 radical (unpaired) electrons. The number of amides is 2. The van der Waals surface area contributed by atoms with Gasteiger partial charge in [-0.2, -0.15) is 0 Å². The van der Waals surface area contributed by atoms with Crippen molar-refractivity contribution in [2.45, 2.75) is 69.0 Å². The second-order valence-corrected chi connectivity index (χ2v) is 14.7. The summed E-state index contributed by atoms with van der Waals surface area (Å²) in [5.41, 5.74) is 2.94. The summed E-state index contributed by atoms with van der Waals surface area (Å²) in [6.07, 6.45) is 5.24. The van der Waals surface area contributed by atoms with E-state index in [-0.39, 0.29) is 45.5 Å². The molecule has 0 saturated heterocycles. The number of anilines is 1. The zero-order valence-electron chi connectivity index (χ0n) is 26.3. The van der Waals surface area contributed by atoms with Crippen LogP contribution in [-0.2, 0) is 32.6 Å². The van der Waals surface area contributed by atoms with Gasteiger partial charge < -0.3 is 10.2 Å². The lowest BCUT2D eigenvalue weighted by Crippen LogP contribution is -2.55. The molecule has 1 fully saturated rings. The topological polar surface area (TPSA) is 86.8 Å². The lowest BCUT2D eigenvalue weighted by Gasteiger charge is -2.35. The van der Waals surface area contributed by atoms with Crippen molar-refractivity contribution in [2.75, 3.05) is 10.8 Å². The highest BCUT2D eigenvalue weighted by atomic mass is 35.5. The third-order valence-electron chi connectivity index (χ3n) is 8.50. The fourth-order valence-corrected chi connectivity index (χ4v) is 7.60. The molecule has 0 aromatic heterocycles. The third kappa shape index (κ3) is 8.95. The molecule has 1 atom stereocenters. The summed E-state index contributed by atoms with van der Waals surface area (Å²) in [5, 5.41) is 3.63. The molecule has 1 aliphatic rings. The van der Waals surface area contributed by atoms with E-state index in [1.54, 1.807) is 18.2 Å². The van der Waals surface area contributed by atoms with Crippen LogP contribution in [-0.4, -0.2) is 43.8 Å². The monoisotopic (exact) mass is 691 g/mol. The first-order valence-electron chi connectivity index (χ1n) is 15.8. The van der Waals surface area contributed by atoms with Gasteiger partial charge in [0.15, 0.2) is 0 Å². The van der Waals surface area contributed by atoms with Gasteiger partial charge in [0.25, 0.3) is 10.0 Å². The molecule has 1 aliphatic carbocycles. The number of hydrogen-bond donors (Lipinski definition) is 1. The van der Waals surface area contributed by atoms with Crippen molar-refractivity contribution in [3.63, 3.8) is 0 Å². The number of nitrogens with one attached hydrogen (secondary N) is 1. The van der Waals surface area contributed by atoms with Crippen molar-refractivity contribution in [3.05, 3.63) is 130 Å². The zero-order valence-corrected chi connectivity index (χ0v) is 28.6. The van der Waals surface area contributed by atoms with Gasteiger partial charge in [0.05, 0.1) is 20.6 Å². The fraction of sp³-hybridized carbons (Fsp3) is 0.297. The summed E-state index contributed by atoms with van der Waals surface area (Å²) >= 11 is 12.5. The molecule has 0 spiro atoms. The van der Waals surface area contributed by atoms with Crippen molar-refractivity contribution in [2.24, 2.45) is 0 Å². The molecular formula is C37H39Cl2N3O4S. The van der Waals surface area contributed by atoms with Gasteiger partial charge in [0, 0.05) is 19.0 Å². The Bertz CT molecular complexity index is 1760. The second-order valence-electron chi connectivity index (χ2n) is 12.0. The number of carbonyl (C=O) groups excluding carboxylic acids is 2. The summed E-state index contributed by atoms with van der Waals surface area (Å²) < 4.78 is 29.3. The van der Waals surface area contributed by atoms with Crippen LogP contribution in [0.2, 0.25) is 10.0 Å². The van der Waals surface area contributed by atoms with Crippen LogP contribution in [0.3, 0.4) is 0 Å². The summed E-state index contributed by atoms with van der Waals surface area (Å²) in [6, 6.07) is 28.8. The van der Waals surface area contributed by atoms with Crippen LogP contribution in [0.25, 0.3) is 0 Å². The molecule has 47 heavy (non-hydrogen) atoms. The first-order valence-corrected chi connectivity index (χ1v) is 18.0. The van der Waals surface area contributed by atoms with Crippen LogP contribution in [0.4, 0.5) is 5.69 Å². The number of sulfonamides is 1. The average Bonchev–Trinajstić information content (AvgIpc) is 3.08. The maximum Gasteiger partial charge on any atom is 0.264 e. The van der Waals surface area contributed by atoms with E-state index in [0.29, 0.717) is 0 Å². The van der Waals surface area contributed by atoms with Crippen molar-refractivity contribution < 1.29 is 18.0 Å². The molecule has 1 unspecified atom stereocenters. The predicted molar refractivity (Wildman–Crippen MR) is 188 cm³/mol. The van der Waals surface area contributed by atoms with Gasteiger partial charge in [-0.15, -0.1) is 0 Å². The Labute approximate surface area is 287 Å². The largest absolute Gasteiger partial charge is 0.352 e. The minimum Gasteiger partial charge on any atom is -0.352 e. The van der Waals surface area contributed by atoms with E-state index in [2.05, 4.69) is 5.32 Å². The van der Waals surface area contributed by atoms with Crippen LogP contribution in [0.15, 0.2) is 108 Å². The molecule has 246 valence electrons. The van der Waals surface area contributed by atoms with Crippen LogP contribution < -0.4 is 9.62 Å². The van der Waals surface area contributed by atoms with E-state index in [9.17, 15) is 18.0 Å². The van der Waals surface area contributed by atoms with Gasteiger partial charge in [-0.3, -0.25) is 13.9 Å². The zero-order chi connectivity index (χ0) is 33.4. The molecule has 0 bridgehead atoms. The Morgan fingerprint density at radius 2 is 1.45 bits per heavy atom. The van der Waals surface area contributed by atoms with Gasteiger partial charge in [-0.1, -0.05) is 121 Å². The van der Waals surface area contributed by atoms with E-state index < -0.39 is 28.5 Å². The first kappa shape index (κ1) is 34.5. The molecule has 5 rings (SSSR count). The molecule has 1 N–H and O–H groups in total. The van der Waals surface area contributed by atoms with Crippen molar-refractivity contribution in [1.29, 1.82) is 0 Å². The minimum absolute atomic E-state index is 0.0137. The number of nitrogens with zero attached hydrogens (tertiary/aromatic N) is 2. The molecule has 2 amide bonds. The Morgan fingerprint density at radius 3 is 2.09 bits per heavy atom. The third-order valence-corrected chi connectivity index (χ3v) is 11.0. The molecule has 1 saturated carbocycles. The van der Waals surface area contributed by atoms with Crippen LogP contribution in [0.1, 0.15) is 48.8 Å². The molecule has 7 nitrogen and oxygen atoms in total. The highest BCUT2D eigenvalue weighted by Gasteiger charge is 2.35. The molecule has 4 aromatic carbocycles. The lowest BCUT2D eigenvalue weighted by atomic mass is 9.94. The Hall–Kier alpha value is -3.85. The van der Waals surface area contributed by atoms with Gasteiger partial charge >= 0.3 is 0 Å². The maximum atomic E-state index is 14.6. The average molecular weight is 693 g/mol. The van der Waals surface area contributed by atoms with E-state index >= 15 is 0 Å². The maximum absolute atomic E-state index is 14.6. The van der Waals surface area contributed by atoms with Crippen LogP contribution >= 0.6 is 23.2 Å². The van der Waals surface area contributed by atoms with Crippen molar-refractivity contribution in [3.8, 4) is 0 Å². The molecule has 0 aliphatic heterocycles. The molecule has 0 heterocycles. The predicted octanol–water partition coefficient (Wildman–Crippen LogP) is 7.59. The fourth-order valence-electron chi connectivity index (χ4n) is 5.88. The lowest BCUT2D eigenvalue weighted by molar-refractivity contribution is -0.140. The highest BCUT2D eigenvalue weighted by molar-refractivity contribution is 7.92. The van der Waals surface area contributed by atoms with Crippen LogP contribution in [0, 0.1) is 6.92 Å². The standard InChI is InChI=1S/C37H39Cl2N3O4S/c1-27-17-19-29(20-18-27)25-41(35(23-28-11-5-2-6-12-28)37(44)40-30-13-7-3-8-14-30)36(43)26-42(31-21-22-33(38)34(39)24-31)47(45,46)32-15-9-4-10-16-32/h2,4-6,9-12,15-22,24,30,35H,3,7-8,13-14,23,25-26H2,1H3,(H,40,44). The SMILES string of the molecule is Cc1ccc(CN(C(=O)CN(c2ccc(Cl)c(Cl)c2)S(=O)(=O)c2ccccc2)C(Cc2ccccc2)C(=O)NC2CCCCC2)cc1. The van der Waals surface area contributed by atoms with E-state index in [0.717, 1.165) is 53.1 Å². The summed E-state index contributed by atoms with van der Waals surface area (Å²) in [5.74, 6) is -0.788. The van der Waals surface area contributed by atoms with Gasteiger partial charge in [-0.05, 0) is 61.2 Å². The summed E-state index contributed by atoms with van der Waals surface area (Å²) in [7, 11) is -4.23. The van der Waals surface area contributed by atoms with Crippen LogP contribution in [0.5, 0.6) is 0 Å². The number of halogens is 2. The Kier molecular flexibility index (Phi) is 11.6. The smallest absolute Gasteiger partial charge is 0.264 e. The van der Waals surface area contributed by atoms with Gasteiger partial charge in [-0.25, -0.2) is 8.42 Å². The van der Waals surface area contributed by atoms with Crippen molar-refractivity contribution in [1.82, 2.24) is 10.2 Å². The minimum atomic E-state index is -4.23. The summed E-state index contributed by atoms with van der Waals surface area (Å²) in [4.78, 5) is 30.4. The number of carbonyl (C=O) groups is 2. The number of aryl methyl sites for hydroxylation is 1. The molecular weight excluding hydrogens is 653 g/mol. The van der Waals surface area contributed by atoms with Crippen molar-refractivity contribution >= 4 is 50.7 Å². The number of rotatable bonds is 12. The van der Waals surface area contributed by atoms with Gasteiger partial charge in [0.2, 0.25) is 11.8 Å². The first-order chi connectivity index (χ1) is 22.6. The summed E-state index contributed by atoms with van der Waals surface area (Å²) in [6.45, 7) is 1.52. The van der Waals surface area contributed by atoms with E-state index in [4.69, 9.17) is 23.2 Å².